The minimum absolute atomic E-state index is 0.107. The molecule has 24 heavy (non-hydrogen) atoms. The summed E-state index contributed by atoms with van der Waals surface area (Å²) in [6.07, 6.45) is 4.37. The maximum atomic E-state index is 12.4. The Morgan fingerprint density at radius 3 is 2.96 bits per heavy atom. The fourth-order valence-electron chi connectivity index (χ4n) is 3.91. The van der Waals surface area contributed by atoms with Gasteiger partial charge >= 0.3 is 0 Å². The fourth-order valence-corrected chi connectivity index (χ4v) is 3.91. The highest BCUT2D eigenvalue weighted by Crippen LogP contribution is 2.41. The van der Waals surface area contributed by atoms with Gasteiger partial charge in [-0.25, -0.2) is 0 Å². The molecule has 0 bridgehead atoms. The Labute approximate surface area is 141 Å². The maximum absolute atomic E-state index is 12.4. The molecule has 0 aromatic carbocycles. The minimum atomic E-state index is -0.107. The summed E-state index contributed by atoms with van der Waals surface area (Å²) in [5, 5.41) is 2.98. The van der Waals surface area contributed by atoms with Gasteiger partial charge in [-0.1, -0.05) is 6.92 Å². The molecule has 2 amide bonds. The Morgan fingerprint density at radius 2 is 2.25 bits per heavy atom. The van der Waals surface area contributed by atoms with Crippen LogP contribution in [0.3, 0.4) is 0 Å². The van der Waals surface area contributed by atoms with Crippen LogP contribution in [-0.2, 0) is 9.53 Å². The molecule has 128 valence electrons. The van der Waals surface area contributed by atoms with Gasteiger partial charge < -0.3 is 15.0 Å². The van der Waals surface area contributed by atoms with E-state index in [-0.39, 0.29) is 23.8 Å². The molecular formula is C18H23N3O3. The molecule has 1 aromatic heterocycles. The number of pyridine rings is 1. The van der Waals surface area contributed by atoms with Crippen molar-refractivity contribution in [2.24, 2.45) is 23.7 Å². The molecule has 3 aliphatic rings. The van der Waals surface area contributed by atoms with Crippen molar-refractivity contribution in [3.8, 4) is 0 Å². The fraction of sp³-hybridized carbons (Fsp3) is 0.611. The predicted molar refractivity (Wildman–Crippen MR) is 87.1 cm³/mol. The third kappa shape index (κ3) is 2.90. The van der Waals surface area contributed by atoms with Crippen molar-refractivity contribution in [1.82, 2.24) is 15.2 Å². The van der Waals surface area contributed by atoms with Gasteiger partial charge in [0.1, 0.15) is 0 Å². The van der Waals surface area contributed by atoms with E-state index in [1.165, 1.54) is 0 Å². The summed E-state index contributed by atoms with van der Waals surface area (Å²) in [7, 11) is 0. The van der Waals surface area contributed by atoms with E-state index in [1.54, 1.807) is 24.5 Å². The molecule has 0 radical (unpaired) electrons. The lowest BCUT2D eigenvalue weighted by Crippen LogP contribution is -2.36. The third-order valence-corrected chi connectivity index (χ3v) is 5.63. The van der Waals surface area contributed by atoms with Crippen LogP contribution in [0.15, 0.2) is 24.5 Å². The molecule has 2 saturated heterocycles. The highest BCUT2D eigenvalue weighted by molar-refractivity contribution is 5.93. The number of carbonyl (C=O) groups excluding carboxylic acids is 2. The van der Waals surface area contributed by atoms with E-state index < -0.39 is 0 Å². The Morgan fingerprint density at radius 1 is 1.42 bits per heavy atom. The number of hydrogen-bond donors (Lipinski definition) is 1. The lowest BCUT2D eigenvalue weighted by Gasteiger charge is -2.20. The van der Waals surface area contributed by atoms with Crippen LogP contribution in [0.5, 0.6) is 0 Å². The first kappa shape index (κ1) is 15.6. The largest absolute Gasteiger partial charge is 0.376 e. The van der Waals surface area contributed by atoms with Gasteiger partial charge in [0.25, 0.3) is 5.91 Å². The van der Waals surface area contributed by atoms with Crippen LogP contribution < -0.4 is 5.32 Å². The first-order chi connectivity index (χ1) is 11.6. The standard InChI is InChI=1S/C18H23N3O3/c1-11-5-14(11)18(23)21-8-15-13(10-24-16(15)9-21)7-20-17(22)12-3-2-4-19-6-12/h2-4,6,11,13-16H,5,7-10H2,1H3,(H,20,22)/t11-,13-,14+,15+,16+/m0/s1. The number of carbonyl (C=O) groups is 2. The van der Waals surface area contributed by atoms with E-state index in [4.69, 9.17) is 4.74 Å². The van der Waals surface area contributed by atoms with E-state index in [0.717, 1.165) is 13.0 Å². The monoisotopic (exact) mass is 329 g/mol. The van der Waals surface area contributed by atoms with Crippen LogP contribution in [-0.4, -0.2) is 54.0 Å². The van der Waals surface area contributed by atoms with E-state index in [0.29, 0.717) is 43.0 Å². The summed E-state index contributed by atoms with van der Waals surface area (Å²) < 4.78 is 5.88. The Kier molecular flexibility index (Phi) is 4.00. The van der Waals surface area contributed by atoms with Gasteiger partial charge in [-0.05, 0) is 24.5 Å². The first-order valence-electron chi connectivity index (χ1n) is 8.72. The number of rotatable bonds is 4. The average molecular weight is 329 g/mol. The highest BCUT2D eigenvalue weighted by Gasteiger charge is 2.49. The second-order valence-corrected chi connectivity index (χ2v) is 7.31. The molecule has 3 heterocycles. The number of ether oxygens (including phenoxy) is 1. The van der Waals surface area contributed by atoms with Crippen LogP contribution in [0.25, 0.3) is 0 Å². The van der Waals surface area contributed by atoms with Gasteiger partial charge in [0, 0.05) is 49.8 Å². The Bertz CT molecular complexity index is 636. The van der Waals surface area contributed by atoms with Crippen LogP contribution in [0.2, 0.25) is 0 Å². The normalized spacial score (nSPS) is 34.0. The zero-order valence-corrected chi connectivity index (χ0v) is 13.9. The smallest absolute Gasteiger partial charge is 0.252 e. The summed E-state index contributed by atoms with van der Waals surface area (Å²) >= 11 is 0. The molecule has 6 nitrogen and oxygen atoms in total. The van der Waals surface area contributed by atoms with E-state index in [2.05, 4.69) is 17.2 Å². The van der Waals surface area contributed by atoms with Crippen molar-refractivity contribution in [3.63, 3.8) is 0 Å². The molecule has 1 aromatic rings. The van der Waals surface area contributed by atoms with Gasteiger partial charge in [0.05, 0.1) is 18.3 Å². The van der Waals surface area contributed by atoms with E-state index in [9.17, 15) is 9.59 Å². The highest BCUT2D eigenvalue weighted by atomic mass is 16.5. The molecule has 5 atom stereocenters. The second kappa shape index (κ2) is 6.16. The zero-order chi connectivity index (χ0) is 16.7. The van der Waals surface area contributed by atoms with Crippen LogP contribution in [0.1, 0.15) is 23.7 Å². The van der Waals surface area contributed by atoms with Gasteiger partial charge in [-0.2, -0.15) is 0 Å². The minimum Gasteiger partial charge on any atom is -0.376 e. The van der Waals surface area contributed by atoms with Crippen LogP contribution in [0, 0.1) is 23.7 Å². The van der Waals surface area contributed by atoms with Gasteiger partial charge in [-0.3, -0.25) is 14.6 Å². The van der Waals surface area contributed by atoms with Crippen molar-refractivity contribution in [1.29, 1.82) is 0 Å². The Hall–Kier alpha value is -1.95. The summed E-state index contributed by atoms with van der Waals surface area (Å²) in [6.45, 7) is 4.84. The number of aromatic nitrogens is 1. The van der Waals surface area contributed by atoms with E-state index in [1.807, 2.05) is 4.90 Å². The van der Waals surface area contributed by atoms with Gasteiger partial charge in [0.2, 0.25) is 5.91 Å². The molecule has 6 heteroatoms. The third-order valence-electron chi connectivity index (χ3n) is 5.63. The zero-order valence-electron chi connectivity index (χ0n) is 13.9. The van der Waals surface area contributed by atoms with Crippen LogP contribution >= 0.6 is 0 Å². The molecule has 1 saturated carbocycles. The number of nitrogens with one attached hydrogen (secondary N) is 1. The number of nitrogens with zero attached hydrogens (tertiary/aromatic N) is 2. The van der Waals surface area contributed by atoms with Crippen molar-refractivity contribution in [2.45, 2.75) is 19.4 Å². The quantitative estimate of drug-likeness (QED) is 0.892. The second-order valence-electron chi connectivity index (χ2n) is 7.31. The molecule has 3 fully saturated rings. The summed E-state index contributed by atoms with van der Waals surface area (Å²) in [4.78, 5) is 30.5. The molecule has 1 N–H and O–H groups in total. The average Bonchev–Trinajstić information content (AvgIpc) is 3.02. The van der Waals surface area contributed by atoms with Crippen molar-refractivity contribution in [3.05, 3.63) is 30.1 Å². The van der Waals surface area contributed by atoms with Crippen molar-refractivity contribution >= 4 is 11.8 Å². The molecule has 0 spiro atoms. The van der Waals surface area contributed by atoms with Crippen molar-refractivity contribution < 1.29 is 14.3 Å². The molecule has 2 aliphatic heterocycles. The molecular weight excluding hydrogens is 306 g/mol. The Balaban J connectivity index is 1.31. The topological polar surface area (TPSA) is 71.5 Å². The summed E-state index contributed by atoms with van der Waals surface area (Å²) in [5.74, 6) is 1.55. The number of fused-ring (bicyclic) bond motifs is 1. The lowest BCUT2D eigenvalue weighted by atomic mass is 9.93. The van der Waals surface area contributed by atoms with Gasteiger partial charge in [-0.15, -0.1) is 0 Å². The lowest BCUT2D eigenvalue weighted by molar-refractivity contribution is -0.132. The summed E-state index contributed by atoms with van der Waals surface area (Å²) in [6, 6.07) is 3.51. The number of likely N-dealkylation sites (tertiary alicyclic amines) is 1. The molecule has 4 rings (SSSR count). The predicted octanol–water partition coefficient (Wildman–Crippen LogP) is 0.941. The van der Waals surface area contributed by atoms with E-state index >= 15 is 0 Å². The molecule has 0 unspecified atom stereocenters. The van der Waals surface area contributed by atoms with Gasteiger partial charge in [0.15, 0.2) is 0 Å². The van der Waals surface area contributed by atoms with Crippen LogP contribution in [0.4, 0.5) is 0 Å². The molecule has 1 aliphatic carbocycles. The number of amides is 2. The summed E-state index contributed by atoms with van der Waals surface area (Å²) in [5.41, 5.74) is 0.568. The SMILES string of the molecule is C[C@H]1C[C@H]1C(=O)N1C[C@@H]2[C@@H](CNC(=O)c3cccnc3)CO[C@@H]2C1. The first-order valence-corrected chi connectivity index (χ1v) is 8.72. The van der Waals surface area contributed by atoms with Crippen molar-refractivity contribution in [2.75, 3.05) is 26.2 Å². The maximum Gasteiger partial charge on any atom is 0.252 e. The number of hydrogen-bond acceptors (Lipinski definition) is 4.